The van der Waals surface area contributed by atoms with E-state index in [1.165, 1.54) is 0 Å². The summed E-state index contributed by atoms with van der Waals surface area (Å²) in [6, 6.07) is 0. The predicted molar refractivity (Wildman–Crippen MR) is 67.7 cm³/mol. The van der Waals surface area contributed by atoms with Crippen LogP contribution in [0.25, 0.3) is 0 Å². The number of hydrogen-bond acceptors (Lipinski definition) is 4. The number of benzene rings is 1. The lowest BCUT2D eigenvalue weighted by Gasteiger charge is -2.15. The number of carbonyl (C=O) groups is 2. The van der Waals surface area contributed by atoms with Gasteiger partial charge < -0.3 is 9.47 Å². The summed E-state index contributed by atoms with van der Waals surface area (Å²) >= 11 is 0. The van der Waals surface area contributed by atoms with Gasteiger partial charge in [-0.05, 0) is 0 Å². The van der Waals surface area contributed by atoms with Gasteiger partial charge in [0.05, 0.1) is 0 Å². The number of esters is 2. The summed E-state index contributed by atoms with van der Waals surface area (Å²) < 4.78 is 184. The lowest BCUT2D eigenvalue weighted by Crippen LogP contribution is -2.26. The Morgan fingerprint density at radius 1 is 0.531 bits per heavy atom. The van der Waals surface area contributed by atoms with Crippen LogP contribution in [-0.2, 0) is 9.47 Å². The zero-order valence-electron chi connectivity index (χ0n) is 13.9. The van der Waals surface area contributed by atoms with Crippen LogP contribution in [0.1, 0.15) is 20.7 Å². The van der Waals surface area contributed by atoms with Crippen LogP contribution >= 0.6 is 0 Å². The third-order valence-corrected chi connectivity index (χ3v) is 2.92. The minimum atomic E-state index is -6.23. The van der Waals surface area contributed by atoms with Crippen molar-refractivity contribution < 1.29 is 80.5 Å². The molecule has 1 rings (SSSR count). The van der Waals surface area contributed by atoms with E-state index in [1.807, 2.05) is 0 Å². The van der Waals surface area contributed by atoms with Crippen molar-refractivity contribution in [1.82, 2.24) is 0 Å². The molecule has 0 aromatic heterocycles. The van der Waals surface area contributed by atoms with Crippen LogP contribution in [-0.4, -0.2) is 24.3 Å². The smallest absolute Gasteiger partial charge is 0.412 e. The molecular formula is C14F14O4. The summed E-state index contributed by atoms with van der Waals surface area (Å²) in [5.74, 6) is -25.9. The molecule has 178 valence electrons. The second kappa shape index (κ2) is 9.03. The quantitative estimate of drug-likeness (QED) is 0.171. The van der Waals surface area contributed by atoms with Crippen molar-refractivity contribution in [2.24, 2.45) is 0 Å². The van der Waals surface area contributed by atoms with Gasteiger partial charge >= 0.3 is 36.5 Å². The highest BCUT2D eigenvalue weighted by Gasteiger charge is 2.46. The third kappa shape index (κ3) is 5.47. The van der Waals surface area contributed by atoms with Gasteiger partial charge in [-0.2, -0.15) is 43.9 Å². The second-order valence-corrected chi connectivity index (χ2v) is 4.96. The fraction of sp³-hybridized carbons (Fsp3) is 0.143. The zero-order chi connectivity index (χ0) is 25.3. The van der Waals surface area contributed by atoms with Gasteiger partial charge in [-0.15, -0.1) is 0 Å². The van der Waals surface area contributed by atoms with E-state index < -0.39 is 82.4 Å². The molecule has 0 aliphatic rings. The normalized spacial score (nSPS) is 11.7. The molecule has 0 fully saturated rings. The number of hydrogen-bond donors (Lipinski definition) is 0. The molecule has 0 heterocycles. The first-order valence-corrected chi connectivity index (χ1v) is 6.87. The summed E-state index contributed by atoms with van der Waals surface area (Å²) in [4.78, 5) is 23.2. The molecule has 0 saturated carbocycles. The third-order valence-electron chi connectivity index (χ3n) is 2.92. The topological polar surface area (TPSA) is 52.6 Å². The fourth-order valence-electron chi connectivity index (χ4n) is 1.71. The molecule has 0 aliphatic carbocycles. The molecule has 18 heteroatoms. The van der Waals surface area contributed by atoms with Gasteiger partial charge in [0.25, 0.3) is 11.5 Å². The molecule has 0 aliphatic heterocycles. The summed E-state index contributed by atoms with van der Waals surface area (Å²) in [6.45, 7) is 0. The van der Waals surface area contributed by atoms with E-state index in [1.54, 1.807) is 0 Å². The molecule has 1 aromatic rings. The minimum absolute atomic E-state index is 2.82. The van der Waals surface area contributed by atoms with Crippen molar-refractivity contribution in [1.29, 1.82) is 0 Å². The molecule has 0 spiro atoms. The fourth-order valence-corrected chi connectivity index (χ4v) is 1.71. The van der Waals surface area contributed by atoms with Crippen molar-refractivity contribution in [2.75, 3.05) is 0 Å². The average molecular weight is 498 g/mol. The molecule has 0 saturated heterocycles. The Hall–Kier alpha value is -3.34. The summed E-state index contributed by atoms with van der Waals surface area (Å²) in [6.07, 6.45) is -20.1. The maximum Gasteiger partial charge on any atom is 0.455 e. The zero-order valence-corrected chi connectivity index (χ0v) is 13.9. The van der Waals surface area contributed by atoms with E-state index in [4.69, 9.17) is 0 Å². The average Bonchev–Trinajstić information content (AvgIpc) is 2.62. The predicted octanol–water partition coefficient (Wildman–Crippen LogP) is 5.90. The highest BCUT2D eigenvalue weighted by Crippen LogP contribution is 2.35. The Morgan fingerprint density at radius 3 is 0.969 bits per heavy atom. The molecule has 0 unspecified atom stereocenters. The summed E-state index contributed by atoms with van der Waals surface area (Å²) in [5.41, 5.74) is -5.65. The van der Waals surface area contributed by atoms with Gasteiger partial charge in [-0.1, -0.05) is 0 Å². The Kier molecular flexibility index (Phi) is 7.53. The molecule has 0 radical (unpaired) electrons. The van der Waals surface area contributed by atoms with E-state index in [0.29, 0.717) is 0 Å². The monoisotopic (exact) mass is 498 g/mol. The Balaban J connectivity index is 3.76. The van der Waals surface area contributed by atoms with Crippen LogP contribution in [0.3, 0.4) is 0 Å². The van der Waals surface area contributed by atoms with Gasteiger partial charge in [-0.3, -0.25) is 0 Å². The van der Waals surface area contributed by atoms with Crippen LogP contribution in [0, 0.1) is 23.3 Å². The van der Waals surface area contributed by atoms with Gasteiger partial charge in [0.15, 0.2) is 23.3 Å². The van der Waals surface area contributed by atoms with Crippen molar-refractivity contribution >= 4 is 11.9 Å². The van der Waals surface area contributed by atoms with Crippen LogP contribution in [0.15, 0.2) is 23.7 Å². The summed E-state index contributed by atoms with van der Waals surface area (Å²) in [7, 11) is 0. The molecule has 0 N–H and O–H groups in total. The standard InChI is InChI=1S/C14F14O4/c15-3-1(11(29)31-7(9(19)20)13(23,24)25)2(4(16)6(18)5(3)17)12(30)32-8(10(21)22)14(26,27)28. The number of allylic oxidation sites excluding steroid dienone is 2. The number of ether oxygens (including phenoxy) is 2. The van der Waals surface area contributed by atoms with Crippen molar-refractivity contribution in [3.8, 4) is 0 Å². The number of rotatable bonds is 4. The SMILES string of the molecule is O=C(OC(=C(F)F)C(F)(F)F)c1c(F)c(F)c(F)c(F)c1C(=O)OC(=C(F)F)C(F)(F)F. The van der Waals surface area contributed by atoms with Gasteiger partial charge in [-0.25, -0.2) is 27.2 Å². The minimum Gasteiger partial charge on any atom is -0.412 e. The molecule has 1 aromatic carbocycles. The molecule has 0 bridgehead atoms. The van der Waals surface area contributed by atoms with Crippen molar-refractivity contribution in [2.45, 2.75) is 12.4 Å². The second-order valence-electron chi connectivity index (χ2n) is 4.96. The molecular weight excluding hydrogens is 498 g/mol. The van der Waals surface area contributed by atoms with Crippen LogP contribution < -0.4 is 0 Å². The Bertz CT molecular complexity index is 929. The van der Waals surface area contributed by atoms with Crippen LogP contribution in [0.4, 0.5) is 61.5 Å². The lowest BCUT2D eigenvalue weighted by molar-refractivity contribution is -0.128. The van der Waals surface area contributed by atoms with Crippen molar-refractivity contribution in [3.63, 3.8) is 0 Å². The molecule has 0 atom stereocenters. The molecule has 32 heavy (non-hydrogen) atoms. The van der Waals surface area contributed by atoms with Crippen molar-refractivity contribution in [3.05, 3.63) is 58.1 Å². The summed E-state index contributed by atoms with van der Waals surface area (Å²) in [5, 5.41) is 0. The molecule has 0 amide bonds. The van der Waals surface area contributed by atoms with Crippen LogP contribution in [0.2, 0.25) is 0 Å². The van der Waals surface area contributed by atoms with Gasteiger partial charge in [0, 0.05) is 0 Å². The Morgan fingerprint density at radius 2 is 0.781 bits per heavy atom. The van der Waals surface area contributed by atoms with E-state index in [0.717, 1.165) is 0 Å². The first-order chi connectivity index (χ1) is 14.3. The number of carbonyl (C=O) groups excluding carboxylic acids is 2. The van der Waals surface area contributed by atoms with E-state index in [-0.39, 0.29) is 0 Å². The highest BCUT2D eigenvalue weighted by atomic mass is 19.4. The van der Waals surface area contributed by atoms with Gasteiger partial charge in [0.1, 0.15) is 11.1 Å². The largest absolute Gasteiger partial charge is 0.455 e. The Labute approximate surface area is 164 Å². The van der Waals surface area contributed by atoms with E-state index in [9.17, 15) is 71.1 Å². The first-order valence-electron chi connectivity index (χ1n) is 6.87. The highest BCUT2D eigenvalue weighted by molar-refractivity contribution is 6.04. The maximum absolute atomic E-state index is 13.8. The number of alkyl halides is 6. The molecule has 4 nitrogen and oxygen atoms in total. The maximum atomic E-state index is 13.8. The number of halogens is 14. The van der Waals surface area contributed by atoms with Gasteiger partial charge in [0.2, 0.25) is 0 Å². The first kappa shape index (κ1) is 26.7. The van der Waals surface area contributed by atoms with E-state index >= 15 is 0 Å². The lowest BCUT2D eigenvalue weighted by atomic mass is 10.0. The van der Waals surface area contributed by atoms with Crippen LogP contribution in [0.5, 0.6) is 0 Å². The van der Waals surface area contributed by atoms with E-state index in [2.05, 4.69) is 9.47 Å².